The summed E-state index contributed by atoms with van der Waals surface area (Å²) in [6.07, 6.45) is -0.671. The molecule has 1 atom stereocenters. The van der Waals surface area contributed by atoms with Gasteiger partial charge >= 0.3 is 6.18 Å². The van der Waals surface area contributed by atoms with Gasteiger partial charge in [-0.2, -0.15) is 18.3 Å². The molecule has 1 fully saturated rings. The second-order valence-electron chi connectivity index (χ2n) is 7.53. The molecule has 1 saturated heterocycles. The summed E-state index contributed by atoms with van der Waals surface area (Å²) in [5.41, 5.74) is 1.77. The molecule has 1 aliphatic rings. The normalized spacial score (nSPS) is 17.0. The van der Waals surface area contributed by atoms with E-state index in [-0.39, 0.29) is 24.5 Å². The zero-order chi connectivity index (χ0) is 21.8. The highest BCUT2D eigenvalue weighted by atomic mass is 19.4. The van der Waals surface area contributed by atoms with Gasteiger partial charge in [-0.05, 0) is 43.2 Å². The maximum absolute atomic E-state index is 13.4. The predicted octanol–water partition coefficient (Wildman–Crippen LogP) is 3.40. The zero-order valence-electron chi connectivity index (χ0n) is 16.5. The number of hydrogen-bond acceptors (Lipinski definition) is 5. The molecule has 1 aliphatic heterocycles. The molecule has 1 N–H and O–H groups in total. The fraction of sp³-hybridized carbons (Fsp3) is 0.300. The van der Waals surface area contributed by atoms with Gasteiger partial charge in [-0.15, -0.1) is 5.10 Å². The Balaban J connectivity index is 1.45. The van der Waals surface area contributed by atoms with Crippen LogP contribution in [0.4, 0.5) is 24.7 Å². The number of rotatable bonds is 3. The number of imidazole rings is 1. The van der Waals surface area contributed by atoms with E-state index in [1.54, 1.807) is 22.9 Å². The van der Waals surface area contributed by atoms with Gasteiger partial charge in [-0.25, -0.2) is 9.50 Å². The number of halogens is 3. The first kappa shape index (κ1) is 19.3. The molecule has 4 aromatic rings. The fourth-order valence-electron chi connectivity index (χ4n) is 3.97. The van der Waals surface area contributed by atoms with Crippen molar-refractivity contribution in [2.45, 2.75) is 25.1 Å². The summed E-state index contributed by atoms with van der Waals surface area (Å²) in [4.78, 5) is 18.2. The van der Waals surface area contributed by atoms with Crippen LogP contribution < -0.4 is 10.2 Å². The number of nitrogens with zero attached hydrogens (tertiary/aromatic N) is 6. The molecule has 0 bridgehead atoms. The first-order valence-electron chi connectivity index (χ1n) is 9.72. The Bertz CT molecular complexity index is 1290. The fourth-order valence-corrected chi connectivity index (χ4v) is 3.97. The third kappa shape index (κ3) is 3.45. The number of anilines is 2. The minimum absolute atomic E-state index is 0.0243. The third-order valence-electron chi connectivity index (χ3n) is 5.39. The summed E-state index contributed by atoms with van der Waals surface area (Å²) in [6, 6.07) is 6.82. The molecule has 11 heteroatoms. The number of carbonyl (C=O) groups excluding carboxylic acids is 1. The highest BCUT2D eigenvalue weighted by Crippen LogP contribution is 2.35. The highest BCUT2D eigenvalue weighted by Gasteiger charge is 2.46. The largest absolute Gasteiger partial charge is 0.408 e. The lowest BCUT2D eigenvalue weighted by Crippen LogP contribution is -2.41. The summed E-state index contributed by atoms with van der Waals surface area (Å²) in [7, 11) is 1.81. The molecule has 31 heavy (non-hydrogen) atoms. The number of aryl methyl sites for hydroxylation is 1. The van der Waals surface area contributed by atoms with Crippen LogP contribution in [0, 0.1) is 0 Å². The van der Waals surface area contributed by atoms with Crippen LogP contribution >= 0.6 is 0 Å². The smallest absolute Gasteiger partial charge is 0.343 e. The molecular formula is C20H18F3N7O. The summed E-state index contributed by atoms with van der Waals surface area (Å²) in [5, 5.41) is 12.3. The number of benzene rings is 1. The molecule has 1 aromatic carbocycles. The molecule has 0 radical (unpaired) electrons. The van der Waals surface area contributed by atoms with E-state index in [9.17, 15) is 18.0 Å². The topological polar surface area (TPSA) is 80.4 Å². The summed E-state index contributed by atoms with van der Waals surface area (Å²) in [5.74, 6) is -0.310. The van der Waals surface area contributed by atoms with E-state index in [0.717, 1.165) is 10.9 Å². The Labute approximate surface area is 174 Å². The maximum Gasteiger partial charge on any atom is 0.408 e. The average molecular weight is 429 g/mol. The second-order valence-corrected chi connectivity index (χ2v) is 7.53. The Morgan fingerprint density at radius 1 is 1.19 bits per heavy atom. The highest BCUT2D eigenvalue weighted by molar-refractivity contribution is 6.04. The molecule has 0 saturated carbocycles. The number of fused-ring (bicyclic) bond motifs is 2. The monoisotopic (exact) mass is 429 g/mol. The third-order valence-corrected chi connectivity index (χ3v) is 5.39. The Morgan fingerprint density at radius 2 is 2.03 bits per heavy atom. The average Bonchev–Trinajstić information content (AvgIpc) is 3.43. The molecule has 8 nitrogen and oxygen atoms in total. The predicted molar refractivity (Wildman–Crippen MR) is 108 cm³/mol. The van der Waals surface area contributed by atoms with Gasteiger partial charge in [0.15, 0.2) is 11.3 Å². The van der Waals surface area contributed by atoms with Gasteiger partial charge in [0.1, 0.15) is 11.9 Å². The number of carbonyl (C=O) groups is 1. The Kier molecular flexibility index (Phi) is 4.34. The van der Waals surface area contributed by atoms with E-state index in [1.807, 2.05) is 19.3 Å². The summed E-state index contributed by atoms with van der Waals surface area (Å²) in [6.45, 7) is 0.253. The van der Waals surface area contributed by atoms with Crippen LogP contribution in [0.1, 0.15) is 23.3 Å². The van der Waals surface area contributed by atoms with Crippen molar-refractivity contribution in [3.05, 3.63) is 48.4 Å². The molecular weight excluding hydrogens is 411 g/mol. The zero-order valence-corrected chi connectivity index (χ0v) is 16.5. The first-order valence-corrected chi connectivity index (χ1v) is 9.72. The van der Waals surface area contributed by atoms with E-state index in [2.05, 4.69) is 20.5 Å². The van der Waals surface area contributed by atoms with Crippen molar-refractivity contribution in [1.29, 1.82) is 0 Å². The van der Waals surface area contributed by atoms with Crippen LogP contribution in [0.3, 0.4) is 0 Å². The van der Waals surface area contributed by atoms with Gasteiger partial charge in [0.25, 0.3) is 5.91 Å². The van der Waals surface area contributed by atoms with Gasteiger partial charge in [0.2, 0.25) is 0 Å². The van der Waals surface area contributed by atoms with Crippen molar-refractivity contribution in [2.75, 3.05) is 16.8 Å². The number of amides is 1. The van der Waals surface area contributed by atoms with Crippen LogP contribution in [0.2, 0.25) is 0 Å². The summed E-state index contributed by atoms with van der Waals surface area (Å²) >= 11 is 0. The van der Waals surface area contributed by atoms with Crippen LogP contribution in [-0.2, 0) is 7.05 Å². The lowest BCUT2D eigenvalue weighted by Gasteiger charge is -2.27. The van der Waals surface area contributed by atoms with E-state index in [1.165, 1.54) is 21.7 Å². The van der Waals surface area contributed by atoms with E-state index < -0.39 is 18.1 Å². The van der Waals surface area contributed by atoms with Crippen LogP contribution in [0.15, 0.2) is 42.7 Å². The van der Waals surface area contributed by atoms with Crippen molar-refractivity contribution >= 4 is 34.0 Å². The van der Waals surface area contributed by atoms with E-state index >= 15 is 0 Å². The van der Waals surface area contributed by atoms with Crippen LogP contribution in [-0.4, -0.2) is 49.0 Å². The van der Waals surface area contributed by atoms with E-state index in [4.69, 9.17) is 0 Å². The summed E-state index contributed by atoms with van der Waals surface area (Å²) < 4.78 is 43.0. The lowest BCUT2D eigenvalue weighted by atomic mass is 10.2. The molecule has 4 heterocycles. The SMILES string of the molecule is Cn1cc2ccc(NC(=O)c3cnc4ccc(N5CCCC5C(F)(F)F)nn34)cc2n1. The quantitative estimate of drug-likeness (QED) is 0.540. The lowest BCUT2D eigenvalue weighted by molar-refractivity contribution is -0.146. The van der Waals surface area contributed by atoms with E-state index in [0.29, 0.717) is 17.8 Å². The van der Waals surface area contributed by atoms with Gasteiger partial charge < -0.3 is 10.2 Å². The molecule has 0 spiro atoms. The minimum Gasteiger partial charge on any atom is -0.343 e. The molecule has 1 unspecified atom stereocenters. The van der Waals surface area contributed by atoms with Crippen molar-refractivity contribution in [3.63, 3.8) is 0 Å². The molecule has 5 rings (SSSR count). The second kappa shape index (κ2) is 6.96. The van der Waals surface area contributed by atoms with Crippen LogP contribution in [0.5, 0.6) is 0 Å². The van der Waals surface area contributed by atoms with Gasteiger partial charge in [0, 0.05) is 30.9 Å². The van der Waals surface area contributed by atoms with Gasteiger partial charge in [-0.3, -0.25) is 9.48 Å². The van der Waals surface area contributed by atoms with Crippen molar-refractivity contribution < 1.29 is 18.0 Å². The van der Waals surface area contributed by atoms with Gasteiger partial charge in [0.05, 0.1) is 11.7 Å². The molecule has 160 valence electrons. The maximum atomic E-state index is 13.4. The number of nitrogens with one attached hydrogen (secondary N) is 1. The standard InChI is InChI=1S/C20H18F3N7O/c1-28-11-12-4-5-13(9-14(12)26-28)25-19(31)15-10-24-17-6-7-18(27-30(15)17)29-8-2-3-16(29)20(21,22)23/h4-7,9-11,16H,2-3,8H2,1H3,(H,25,31). The Hall–Kier alpha value is -3.63. The number of alkyl halides is 3. The minimum atomic E-state index is -4.34. The van der Waals surface area contributed by atoms with Crippen molar-refractivity contribution in [2.24, 2.45) is 7.05 Å². The Morgan fingerprint density at radius 3 is 2.84 bits per heavy atom. The number of hydrogen-bond donors (Lipinski definition) is 1. The van der Waals surface area contributed by atoms with Crippen LogP contribution in [0.25, 0.3) is 16.6 Å². The van der Waals surface area contributed by atoms with Crippen molar-refractivity contribution in [1.82, 2.24) is 24.4 Å². The molecule has 0 aliphatic carbocycles. The molecule has 3 aromatic heterocycles. The molecule has 1 amide bonds. The van der Waals surface area contributed by atoms with Gasteiger partial charge in [-0.1, -0.05) is 0 Å². The number of aromatic nitrogens is 5. The van der Waals surface area contributed by atoms with Crippen molar-refractivity contribution in [3.8, 4) is 0 Å². The first-order chi connectivity index (χ1) is 14.8.